The highest BCUT2D eigenvalue weighted by atomic mass is 16.6. The third kappa shape index (κ3) is 3.96. The molecule has 3 fully saturated rings. The highest BCUT2D eigenvalue weighted by Gasteiger charge is 2.60. The number of fused-ring (bicyclic) bond motifs is 5. The van der Waals surface area contributed by atoms with Crippen LogP contribution in [0, 0.1) is 29.6 Å². The Morgan fingerprint density at radius 3 is 2.27 bits per heavy atom. The molecule has 0 aromatic heterocycles. The Bertz CT molecular complexity index is 521. The Labute approximate surface area is 159 Å². The van der Waals surface area contributed by atoms with Crippen LogP contribution in [-0.4, -0.2) is 34.5 Å². The molecule has 4 nitrogen and oxygen atoms in total. The van der Waals surface area contributed by atoms with Crippen LogP contribution in [0.3, 0.4) is 0 Å². The molecule has 2 aliphatic carbocycles. The minimum absolute atomic E-state index is 0.0809. The van der Waals surface area contributed by atoms with Crippen molar-refractivity contribution in [3.8, 4) is 0 Å². The molecule has 1 saturated heterocycles. The maximum atomic E-state index is 12.2. The average Bonchev–Trinajstić information content (AvgIpc) is 3.12. The molecule has 1 heterocycles. The molecule has 1 aliphatic heterocycles. The van der Waals surface area contributed by atoms with Crippen molar-refractivity contribution < 1.29 is 19.4 Å². The number of carbonyl (C=O) groups excluding carboxylic acids is 1. The molecule has 0 aromatic carbocycles. The van der Waals surface area contributed by atoms with Gasteiger partial charge in [-0.15, -0.1) is 0 Å². The highest BCUT2D eigenvalue weighted by Crippen LogP contribution is 2.63. The van der Waals surface area contributed by atoms with Crippen LogP contribution >= 0.6 is 0 Å². The van der Waals surface area contributed by atoms with Gasteiger partial charge < -0.3 is 14.6 Å². The summed E-state index contributed by atoms with van der Waals surface area (Å²) in [5, 5.41) is 10.9. The van der Waals surface area contributed by atoms with Gasteiger partial charge in [-0.25, -0.2) is 0 Å². The molecular weight excluding hydrogens is 328 g/mol. The van der Waals surface area contributed by atoms with Gasteiger partial charge in [0.2, 0.25) is 0 Å². The summed E-state index contributed by atoms with van der Waals surface area (Å²) >= 11 is 0. The molecule has 0 amide bonds. The van der Waals surface area contributed by atoms with E-state index in [1.165, 1.54) is 12.8 Å². The molecule has 26 heavy (non-hydrogen) atoms. The van der Waals surface area contributed by atoms with E-state index >= 15 is 0 Å². The van der Waals surface area contributed by atoms with E-state index in [-0.39, 0.29) is 12.4 Å². The first kappa shape index (κ1) is 20.1. The van der Waals surface area contributed by atoms with Gasteiger partial charge in [0.25, 0.3) is 0 Å². The maximum absolute atomic E-state index is 12.2. The summed E-state index contributed by atoms with van der Waals surface area (Å²) in [4.78, 5) is 12.2. The smallest absolute Gasteiger partial charge is 0.309 e. The predicted molar refractivity (Wildman–Crippen MR) is 102 cm³/mol. The Balaban J connectivity index is 1.63. The second kappa shape index (κ2) is 7.09. The van der Waals surface area contributed by atoms with Crippen molar-refractivity contribution in [1.82, 2.24) is 0 Å². The van der Waals surface area contributed by atoms with Gasteiger partial charge in [0, 0.05) is 0 Å². The van der Waals surface area contributed by atoms with Gasteiger partial charge >= 0.3 is 5.97 Å². The van der Waals surface area contributed by atoms with Crippen LogP contribution in [0.2, 0.25) is 0 Å². The highest BCUT2D eigenvalue weighted by molar-refractivity contribution is 5.71. The van der Waals surface area contributed by atoms with E-state index in [9.17, 15) is 9.90 Å². The third-order valence-corrected chi connectivity index (χ3v) is 6.93. The van der Waals surface area contributed by atoms with Crippen molar-refractivity contribution in [3.05, 3.63) is 0 Å². The topological polar surface area (TPSA) is 55.8 Å². The minimum atomic E-state index is -0.988. The minimum Gasteiger partial charge on any atom is -0.460 e. The number of ether oxygens (including phenoxy) is 2. The lowest BCUT2D eigenvalue weighted by molar-refractivity contribution is -0.160. The van der Waals surface area contributed by atoms with Crippen LogP contribution in [-0.2, 0) is 14.3 Å². The molecule has 0 radical (unpaired) electrons. The van der Waals surface area contributed by atoms with E-state index in [0.717, 1.165) is 24.7 Å². The summed E-state index contributed by atoms with van der Waals surface area (Å²) in [7, 11) is 0. The summed E-state index contributed by atoms with van der Waals surface area (Å²) in [6.45, 7) is 11.9. The number of esters is 1. The molecule has 0 spiro atoms. The van der Waals surface area contributed by atoms with Crippen molar-refractivity contribution in [2.75, 3.05) is 0 Å². The molecule has 150 valence electrons. The van der Waals surface area contributed by atoms with Gasteiger partial charge in [-0.3, -0.25) is 4.79 Å². The molecule has 4 heteroatoms. The van der Waals surface area contributed by atoms with Gasteiger partial charge in [0.1, 0.15) is 5.60 Å². The molecule has 0 aromatic rings. The van der Waals surface area contributed by atoms with Crippen LogP contribution in [0.5, 0.6) is 0 Å². The normalized spacial score (nSPS) is 41.1. The fraction of sp³-hybridized carbons (Fsp3) is 0.955. The monoisotopic (exact) mass is 366 g/mol. The van der Waals surface area contributed by atoms with Gasteiger partial charge in [-0.2, -0.15) is 0 Å². The molecular formula is C22H38O4. The van der Waals surface area contributed by atoms with Crippen molar-refractivity contribution in [2.24, 2.45) is 29.6 Å². The molecule has 8 unspecified atom stereocenters. The zero-order valence-corrected chi connectivity index (χ0v) is 17.5. The maximum Gasteiger partial charge on any atom is 0.309 e. The molecule has 2 saturated carbocycles. The number of carbonyl (C=O) groups is 1. The predicted octanol–water partition coefficient (Wildman–Crippen LogP) is 4.34. The van der Waals surface area contributed by atoms with E-state index in [0.29, 0.717) is 36.4 Å². The molecule has 2 bridgehead atoms. The number of rotatable bonds is 6. The Morgan fingerprint density at radius 2 is 1.69 bits per heavy atom. The first-order valence-corrected chi connectivity index (χ1v) is 10.6. The van der Waals surface area contributed by atoms with Gasteiger partial charge in [-0.05, 0) is 89.4 Å². The van der Waals surface area contributed by atoms with Crippen molar-refractivity contribution in [2.45, 2.75) is 103 Å². The lowest BCUT2D eigenvalue weighted by Gasteiger charge is -2.37. The van der Waals surface area contributed by atoms with E-state index in [2.05, 4.69) is 13.8 Å². The second-order valence-corrected chi connectivity index (χ2v) is 10.3. The molecule has 8 atom stereocenters. The van der Waals surface area contributed by atoms with E-state index in [4.69, 9.17) is 9.47 Å². The quantitative estimate of drug-likeness (QED) is 0.711. The van der Waals surface area contributed by atoms with Gasteiger partial charge in [-0.1, -0.05) is 13.8 Å². The van der Waals surface area contributed by atoms with Crippen LogP contribution in [0.25, 0.3) is 0 Å². The molecule has 1 N–H and O–H groups in total. The van der Waals surface area contributed by atoms with Crippen LogP contribution in [0.4, 0.5) is 0 Å². The Hall–Kier alpha value is -0.610. The summed E-state index contributed by atoms with van der Waals surface area (Å²) in [6, 6.07) is 0. The van der Waals surface area contributed by atoms with E-state index < -0.39 is 11.2 Å². The molecule has 3 aliphatic rings. The Morgan fingerprint density at radius 1 is 1.08 bits per heavy atom. The van der Waals surface area contributed by atoms with Gasteiger partial charge in [0.15, 0.2) is 0 Å². The second-order valence-electron chi connectivity index (χ2n) is 10.3. The fourth-order valence-electron chi connectivity index (χ4n) is 6.37. The first-order valence-electron chi connectivity index (χ1n) is 10.6. The lowest BCUT2D eigenvalue weighted by Crippen LogP contribution is -2.39. The van der Waals surface area contributed by atoms with Crippen LogP contribution < -0.4 is 0 Å². The first-order chi connectivity index (χ1) is 12.0. The van der Waals surface area contributed by atoms with E-state index in [1.807, 2.05) is 20.8 Å². The third-order valence-electron chi connectivity index (χ3n) is 6.93. The zero-order valence-electron chi connectivity index (χ0n) is 17.5. The number of hydrogen-bond acceptors (Lipinski definition) is 4. The molecule has 3 rings (SSSR count). The summed E-state index contributed by atoms with van der Waals surface area (Å²) in [6.07, 6.45) is 6.28. The number of aliphatic hydroxyl groups is 1. The average molecular weight is 367 g/mol. The van der Waals surface area contributed by atoms with Crippen molar-refractivity contribution >= 4 is 5.97 Å². The summed E-state index contributed by atoms with van der Waals surface area (Å²) in [5.74, 6) is 2.98. The van der Waals surface area contributed by atoms with E-state index in [1.54, 1.807) is 6.92 Å². The summed E-state index contributed by atoms with van der Waals surface area (Å²) < 4.78 is 11.8. The SMILES string of the molecule is CCC1OC(CC)C2C3CC(CC3CC(C)(O)CC(=O)OC(C)(C)C)C12. The lowest BCUT2D eigenvalue weighted by atomic mass is 9.68. The number of hydrogen-bond donors (Lipinski definition) is 1. The largest absolute Gasteiger partial charge is 0.460 e. The van der Waals surface area contributed by atoms with Crippen LogP contribution in [0.1, 0.15) is 80.1 Å². The van der Waals surface area contributed by atoms with Crippen LogP contribution in [0.15, 0.2) is 0 Å². The summed E-state index contributed by atoms with van der Waals surface area (Å²) in [5.41, 5.74) is -1.49. The Kier molecular flexibility index (Phi) is 5.49. The standard InChI is InChI=1S/C22H38O4/c1-7-16-19-13-9-14(15(10-13)20(19)17(8-2)25-16)11-22(6,24)12-18(23)26-21(3,4)5/h13-17,19-20,24H,7-12H2,1-6H3. The van der Waals surface area contributed by atoms with Crippen molar-refractivity contribution in [3.63, 3.8) is 0 Å². The zero-order chi connectivity index (χ0) is 19.3. The fourth-order valence-corrected chi connectivity index (χ4v) is 6.37. The van der Waals surface area contributed by atoms with Crippen molar-refractivity contribution in [1.29, 1.82) is 0 Å². The van der Waals surface area contributed by atoms with Gasteiger partial charge in [0.05, 0.1) is 24.2 Å².